The van der Waals surface area contributed by atoms with Gasteiger partial charge in [-0.25, -0.2) is 0 Å². The van der Waals surface area contributed by atoms with E-state index in [0.29, 0.717) is 6.10 Å². The molecule has 2 nitrogen and oxygen atoms in total. The van der Waals surface area contributed by atoms with Crippen LogP contribution in [0.2, 0.25) is 0 Å². The molecular formula is C9H18O2. The summed E-state index contributed by atoms with van der Waals surface area (Å²) in [6, 6.07) is 0. The van der Waals surface area contributed by atoms with Crippen LogP contribution in [-0.2, 0) is 9.47 Å². The number of unbranched alkanes of at least 4 members (excludes halogenated alkanes) is 1. The quantitative estimate of drug-likeness (QED) is 0.553. The highest BCUT2D eigenvalue weighted by atomic mass is 16.8. The van der Waals surface area contributed by atoms with Crippen LogP contribution in [0, 0.1) is 0 Å². The molecule has 66 valence electrons. The molecule has 0 spiro atoms. The minimum Gasteiger partial charge on any atom is -0.350 e. The Morgan fingerprint density at radius 3 is 2.73 bits per heavy atom. The number of hydrogen-bond acceptors (Lipinski definition) is 2. The third-order valence-electron chi connectivity index (χ3n) is 1.86. The fourth-order valence-electron chi connectivity index (χ4n) is 1.12. The van der Waals surface area contributed by atoms with Gasteiger partial charge in [-0.3, -0.25) is 0 Å². The first kappa shape index (κ1) is 9.01. The molecule has 0 aromatic heterocycles. The molecule has 2 heteroatoms. The van der Waals surface area contributed by atoms with Crippen molar-refractivity contribution < 1.29 is 9.47 Å². The van der Waals surface area contributed by atoms with Gasteiger partial charge in [0.25, 0.3) is 0 Å². The lowest BCUT2D eigenvalue weighted by Gasteiger charge is -1.95. The van der Waals surface area contributed by atoms with Crippen molar-refractivity contribution in [1.29, 1.82) is 0 Å². The number of ether oxygens (including phenoxy) is 2. The van der Waals surface area contributed by atoms with Crippen molar-refractivity contribution in [2.45, 2.75) is 51.9 Å². The minimum absolute atomic E-state index is 0.140. The summed E-state index contributed by atoms with van der Waals surface area (Å²) in [6.45, 7) is 5.15. The van der Waals surface area contributed by atoms with Crippen LogP contribution in [0.3, 0.4) is 0 Å². The van der Waals surface area contributed by atoms with E-state index in [1.165, 1.54) is 19.3 Å². The molecule has 1 aliphatic rings. The Morgan fingerprint density at radius 1 is 1.27 bits per heavy atom. The fraction of sp³-hybridized carbons (Fsp3) is 1.00. The molecule has 2 atom stereocenters. The summed E-state index contributed by atoms with van der Waals surface area (Å²) in [4.78, 5) is 0. The summed E-state index contributed by atoms with van der Waals surface area (Å²) < 4.78 is 10.7. The largest absolute Gasteiger partial charge is 0.350 e. The highest BCUT2D eigenvalue weighted by Crippen LogP contribution is 2.27. The highest BCUT2D eigenvalue weighted by Gasteiger charge is 2.38. The van der Waals surface area contributed by atoms with Crippen LogP contribution in [0.15, 0.2) is 0 Å². The number of rotatable bonds is 6. The molecule has 0 saturated carbocycles. The van der Waals surface area contributed by atoms with Crippen molar-refractivity contribution in [3.05, 3.63) is 0 Å². The van der Waals surface area contributed by atoms with Gasteiger partial charge in [0, 0.05) is 6.61 Å². The fourth-order valence-corrected chi connectivity index (χ4v) is 1.12. The maximum Gasteiger partial charge on any atom is 0.184 e. The molecule has 0 amide bonds. The molecule has 1 fully saturated rings. The number of epoxide rings is 1. The Bertz CT molecular complexity index is 91.7. The zero-order chi connectivity index (χ0) is 8.10. The summed E-state index contributed by atoms with van der Waals surface area (Å²) in [7, 11) is 0. The van der Waals surface area contributed by atoms with Crippen LogP contribution in [0.1, 0.15) is 39.5 Å². The molecular weight excluding hydrogens is 140 g/mol. The summed E-state index contributed by atoms with van der Waals surface area (Å²) in [5.74, 6) is 0. The molecule has 2 unspecified atom stereocenters. The van der Waals surface area contributed by atoms with E-state index in [4.69, 9.17) is 9.47 Å². The summed E-state index contributed by atoms with van der Waals surface area (Å²) in [6.07, 6.45) is 5.32. The van der Waals surface area contributed by atoms with Crippen molar-refractivity contribution in [3.63, 3.8) is 0 Å². The van der Waals surface area contributed by atoms with E-state index < -0.39 is 0 Å². The maximum absolute atomic E-state index is 5.39. The Labute approximate surface area is 68.9 Å². The van der Waals surface area contributed by atoms with Crippen LogP contribution in [0.25, 0.3) is 0 Å². The Kier molecular flexibility index (Phi) is 3.87. The van der Waals surface area contributed by atoms with Gasteiger partial charge in [0.15, 0.2) is 6.29 Å². The predicted molar refractivity (Wildman–Crippen MR) is 44.4 cm³/mol. The number of hydrogen-bond donors (Lipinski definition) is 0. The van der Waals surface area contributed by atoms with Crippen LogP contribution < -0.4 is 0 Å². The summed E-state index contributed by atoms with van der Waals surface area (Å²) >= 11 is 0. The lowest BCUT2D eigenvalue weighted by atomic mass is 10.2. The molecule has 1 saturated heterocycles. The molecule has 1 heterocycles. The van der Waals surface area contributed by atoms with Crippen molar-refractivity contribution in [1.82, 2.24) is 0 Å². The van der Waals surface area contributed by atoms with Gasteiger partial charge in [0.05, 0.1) is 0 Å². The SMILES string of the molecule is CCCCC1OC1OCCC. The predicted octanol–water partition coefficient (Wildman–Crippen LogP) is 2.33. The lowest BCUT2D eigenvalue weighted by molar-refractivity contribution is 0.0507. The van der Waals surface area contributed by atoms with Gasteiger partial charge >= 0.3 is 0 Å². The normalized spacial score (nSPS) is 28.9. The Morgan fingerprint density at radius 2 is 2.09 bits per heavy atom. The van der Waals surface area contributed by atoms with E-state index >= 15 is 0 Å². The second-order valence-electron chi connectivity index (χ2n) is 3.06. The van der Waals surface area contributed by atoms with Gasteiger partial charge in [-0.15, -0.1) is 0 Å². The van der Waals surface area contributed by atoms with E-state index in [2.05, 4.69) is 13.8 Å². The van der Waals surface area contributed by atoms with Gasteiger partial charge in [0.1, 0.15) is 6.10 Å². The van der Waals surface area contributed by atoms with Crippen molar-refractivity contribution >= 4 is 0 Å². The van der Waals surface area contributed by atoms with Crippen molar-refractivity contribution in [3.8, 4) is 0 Å². The monoisotopic (exact) mass is 158 g/mol. The Balaban J connectivity index is 1.89. The van der Waals surface area contributed by atoms with Crippen LogP contribution in [-0.4, -0.2) is 19.0 Å². The van der Waals surface area contributed by atoms with Crippen LogP contribution in [0.4, 0.5) is 0 Å². The average molecular weight is 158 g/mol. The molecule has 1 rings (SSSR count). The van der Waals surface area contributed by atoms with E-state index in [9.17, 15) is 0 Å². The van der Waals surface area contributed by atoms with Gasteiger partial charge in [-0.2, -0.15) is 0 Å². The van der Waals surface area contributed by atoms with Crippen LogP contribution in [0.5, 0.6) is 0 Å². The molecule has 0 aromatic rings. The van der Waals surface area contributed by atoms with E-state index in [-0.39, 0.29) is 6.29 Å². The first-order chi connectivity index (χ1) is 5.38. The Hall–Kier alpha value is -0.0800. The standard InChI is InChI=1S/C9H18O2/c1-3-5-6-8-9(11-8)10-7-4-2/h8-9H,3-7H2,1-2H3. The molecule has 11 heavy (non-hydrogen) atoms. The minimum atomic E-state index is 0.140. The second kappa shape index (κ2) is 4.73. The van der Waals surface area contributed by atoms with Gasteiger partial charge in [0.2, 0.25) is 0 Å². The zero-order valence-corrected chi connectivity index (χ0v) is 7.51. The van der Waals surface area contributed by atoms with Crippen molar-refractivity contribution in [2.24, 2.45) is 0 Å². The first-order valence-corrected chi connectivity index (χ1v) is 4.65. The smallest absolute Gasteiger partial charge is 0.184 e. The van der Waals surface area contributed by atoms with Crippen LogP contribution >= 0.6 is 0 Å². The molecule has 0 radical (unpaired) electrons. The van der Waals surface area contributed by atoms with Gasteiger partial charge in [-0.1, -0.05) is 26.7 Å². The van der Waals surface area contributed by atoms with E-state index in [1.54, 1.807) is 0 Å². The third kappa shape index (κ3) is 3.21. The van der Waals surface area contributed by atoms with Gasteiger partial charge in [-0.05, 0) is 12.8 Å². The zero-order valence-electron chi connectivity index (χ0n) is 7.51. The topological polar surface area (TPSA) is 21.8 Å². The maximum atomic E-state index is 5.39. The molecule has 0 aliphatic carbocycles. The van der Waals surface area contributed by atoms with Crippen molar-refractivity contribution in [2.75, 3.05) is 6.61 Å². The molecule has 0 bridgehead atoms. The summed E-state index contributed by atoms with van der Waals surface area (Å²) in [5.41, 5.74) is 0. The summed E-state index contributed by atoms with van der Waals surface area (Å²) in [5, 5.41) is 0. The van der Waals surface area contributed by atoms with Gasteiger partial charge < -0.3 is 9.47 Å². The molecule has 0 aromatic carbocycles. The van der Waals surface area contributed by atoms with E-state index in [0.717, 1.165) is 13.0 Å². The van der Waals surface area contributed by atoms with E-state index in [1.807, 2.05) is 0 Å². The third-order valence-corrected chi connectivity index (χ3v) is 1.86. The first-order valence-electron chi connectivity index (χ1n) is 4.65. The lowest BCUT2D eigenvalue weighted by Crippen LogP contribution is -2.00. The second-order valence-corrected chi connectivity index (χ2v) is 3.06. The average Bonchev–Trinajstić information content (AvgIpc) is 2.76. The molecule has 0 N–H and O–H groups in total. The highest BCUT2D eigenvalue weighted by molar-refractivity contribution is 4.76. The molecule has 1 aliphatic heterocycles.